The molecule has 0 radical (unpaired) electrons. The highest BCUT2D eigenvalue weighted by molar-refractivity contribution is 5.24. The molecule has 0 aliphatic heterocycles. The number of nitrogens with zero attached hydrogens (tertiary/aromatic N) is 1. The Hall–Kier alpha value is -1.63. The maximum atomic E-state index is 12.8. The van der Waals surface area contributed by atoms with Crippen LogP contribution in [-0.2, 0) is 0 Å². The summed E-state index contributed by atoms with van der Waals surface area (Å²) in [6.45, 7) is 1.84. The summed E-state index contributed by atoms with van der Waals surface area (Å²) in [7, 11) is 0. The fourth-order valence-electron chi connectivity index (χ4n) is 1.16. The van der Waals surface area contributed by atoms with Gasteiger partial charge in [0.25, 0.3) is 0 Å². The Kier molecular flexibility index (Phi) is 4.04. The van der Waals surface area contributed by atoms with E-state index in [1.165, 1.54) is 0 Å². The summed E-state index contributed by atoms with van der Waals surface area (Å²) in [6, 6.07) is 4.93. The second kappa shape index (κ2) is 5.30. The van der Waals surface area contributed by atoms with Crippen molar-refractivity contribution in [2.45, 2.75) is 25.9 Å². The molecule has 1 atom stereocenters. The number of hydrogen-bond acceptors (Lipinski definition) is 2. The molecule has 0 aliphatic rings. The lowest BCUT2D eigenvalue weighted by Crippen LogP contribution is -2.14. The molecule has 0 aliphatic carbocycles. The molecule has 2 nitrogen and oxygen atoms in total. The van der Waals surface area contributed by atoms with Crippen LogP contribution in [0.15, 0.2) is 18.2 Å². The van der Waals surface area contributed by atoms with Crippen LogP contribution in [0.3, 0.4) is 0 Å². The number of halogens is 2. The zero-order chi connectivity index (χ0) is 11.3. The van der Waals surface area contributed by atoms with Gasteiger partial charge in [0.15, 0.2) is 0 Å². The Morgan fingerprint density at radius 3 is 2.40 bits per heavy atom. The van der Waals surface area contributed by atoms with Crippen molar-refractivity contribution in [3.05, 3.63) is 29.8 Å². The summed E-state index contributed by atoms with van der Waals surface area (Å²) in [5, 5.41) is 8.48. The summed E-state index contributed by atoms with van der Waals surface area (Å²) in [6.07, 6.45) is 0.497. The summed E-state index contributed by atoms with van der Waals surface area (Å²) in [5.74, 6) is -1.25. The maximum absolute atomic E-state index is 12.8. The third kappa shape index (κ3) is 3.55. The first-order valence-electron chi connectivity index (χ1n) is 4.65. The standard InChI is InChI=1S/C11H11F2NO/c1-2-10(3-4-14)15-11-6-8(12)5-9(13)7-11/h5-7,10H,2-3H2,1H3. The van der Waals surface area contributed by atoms with E-state index < -0.39 is 11.6 Å². The molecular weight excluding hydrogens is 200 g/mol. The summed E-state index contributed by atoms with van der Waals surface area (Å²) in [5.41, 5.74) is 0. The zero-order valence-corrected chi connectivity index (χ0v) is 8.34. The highest BCUT2D eigenvalue weighted by Gasteiger charge is 2.09. The maximum Gasteiger partial charge on any atom is 0.129 e. The van der Waals surface area contributed by atoms with E-state index >= 15 is 0 Å². The van der Waals surface area contributed by atoms with Crippen LogP contribution in [0, 0.1) is 23.0 Å². The van der Waals surface area contributed by atoms with Gasteiger partial charge in [0.05, 0.1) is 12.5 Å². The molecule has 1 aromatic rings. The van der Waals surface area contributed by atoms with Gasteiger partial charge in [0, 0.05) is 18.2 Å². The van der Waals surface area contributed by atoms with Crippen LogP contribution in [0.2, 0.25) is 0 Å². The average Bonchev–Trinajstić information content (AvgIpc) is 2.15. The highest BCUT2D eigenvalue weighted by atomic mass is 19.1. The van der Waals surface area contributed by atoms with Crippen molar-refractivity contribution in [3.63, 3.8) is 0 Å². The topological polar surface area (TPSA) is 33.0 Å². The Morgan fingerprint density at radius 2 is 1.93 bits per heavy atom. The second-order valence-electron chi connectivity index (χ2n) is 3.12. The summed E-state index contributed by atoms with van der Waals surface area (Å²) >= 11 is 0. The van der Waals surface area contributed by atoms with Gasteiger partial charge in [-0.2, -0.15) is 5.26 Å². The smallest absolute Gasteiger partial charge is 0.129 e. The van der Waals surface area contributed by atoms with Crippen molar-refractivity contribution in [3.8, 4) is 11.8 Å². The van der Waals surface area contributed by atoms with Crippen LogP contribution in [0.1, 0.15) is 19.8 Å². The molecule has 0 bridgehead atoms. The molecule has 0 saturated heterocycles. The molecule has 80 valence electrons. The van der Waals surface area contributed by atoms with Gasteiger partial charge in [0.2, 0.25) is 0 Å². The van der Waals surface area contributed by atoms with Gasteiger partial charge in [-0.05, 0) is 6.42 Å². The molecule has 0 aromatic heterocycles. The van der Waals surface area contributed by atoms with Gasteiger partial charge >= 0.3 is 0 Å². The van der Waals surface area contributed by atoms with E-state index in [9.17, 15) is 8.78 Å². The number of benzene rings is 1. The predicted molar refractivity (Wildman–Crippen MR) is 51.3 cm³/mol. The lowest BCUT2D eigenvalue weighted by molar-refractivity contribution is 0.200. The van der Waals surface area contributed by atoms with Crippen molar-refractivity contribution in [2.75, 3.05) is 0 Å². The Labute approximate surface area is 87.1 Å². The first kappa shape index (κ1) is 11.4. The monoisotopic (exact) mass is 211 g/mol. The molecule has 1 rings (SSSR count). The van der Waals surface area contributed by atoms with E-state index in [0.717, 1.165) is 18.2 Å². The van der Waals surface area contributed by atoms with E-state index in [-0.39, 0.29) is 18.3 Å². The van der Waals surface area contributed by atoms with Gasteiger partial charge in [-0.3, -0.25) is 0 Å². The minimum Gasteiger partial charge on any atom is -0.489 e. The number of nitriles is 1. The van der Waals surface area contributed by atoms with Crippen LogP contribution < -0.4 is 4.74 Å². The van der Waals surface area contributed by atoms with Crippen LogP contribution in [-0.4, -0.2) is 6.10 Å². The molecule has 0 saturated carbocycles. The quantitative estimate of drug-likeness (QED) is 0.766. The minimum absolute atomic E-state index is 0.120. The highest BCUT2D eigenvalue weighted by Crippen LogP contribution is 2.18. The van der Waals surface area contributed by atoms with E-state index in [1.54, 1.807) is 0 Å². The fraction of sp³-hybridized carbons (Fsp3) is 0.364. The van der Waals surface area contributed by atoms with E-state index in [0.29, 0.717) is 6.42 Å². The van der Waals surface area contributed by atoms with Crippen molar-refractivity contribution in [2.24, 2.45) is 0 Å². The van der Waals surface area contributed by atoms with Crippen molar-refractivity contribution < 1.29 is 13.5 Å². The lowest BCUT2D eigenvalue weighted by Gasteiger charge is -2.14. The number of rotatable bonds is 4. The van der Waals surface area contributed by atoms with E-state index in [1.807, 2.05) is 13.0 Å². The molecule has 0 spiro atoms. The molecule has 0 heterocycles. The molecule has 0 N–H and O–H groups in total. The first-order valence-corrected chi connectivity index (χ1v) is 4.65. The van der Waals surface area contributed by atoms with Crippen molar-refractivity contribution in [1.29, 1.82) is 5.26 Å². The average molecular weight is 211 g/mol. The lowest BCUT2D eigenvalue weighted by atomic mass is 10.2. The molecule has 0 fully saturated rings. The van der Waals surface area contributed by atoms with Gasteiger partial charge in [0.1, 0.15) is 23.5 Å². The third-order valence-electron chi connectivity index (χ3n) is 1.91. The Balaban J connectivity index is 2.75. The molecule has 4 heteroatoms. The summed E-state index contributed by atoms with van der Waals surface area (Å²) < 4.78 is 30.8. The molecular formula is C11H11F2NO. The Bertz CT molecular complexity index is 353. The summed E-state index contributed by atoms with van der Waals surface area (Å²) in [4.78, 5) is 0. The fourth-order valence-corrected chi connectivity index (χ4v) is 1.16. The number of hydrogen-bond donors (Lipinski definition) is 0. The van der Waals surface area contributed by atoms with Crippen LogP contribution in [0.25, 0.3) is 0 Å². The van der Waals surface area contributed by atoms with Crippen LogP contribution in [0.5, 0.6) is 5.75 Å². The molecule has 1 aromatic carbocycles. The molecule has 0 amide bonds. The van der Waals surface area contributed by atoms with E-state index in [2.05, 4.69) is 0 Å². The van der Waals surface area contributed by atoms with Crippen LogP contribution in [0.4, 0.5) is 8.78 Å². The normalized spacial score (nSPS) is 11.9. The van der Waals surface area contributed by atoms with Crippen LogP contribution >= 0.6 is 0 Å². The SMILES string of the molecule is CCC(CC#N)Oc1cc(F)cc(F)c1. The van der Waals surface area contributed by atoms with Gasteiger partial charge in [-0.15, -0.1) is 0 Å². The van der Waals surface area contributed by atoms with Crippen molar-refractivity contribution in [1.82, 2.24) is 0 Å². The molecule has 1 unspecified atom stereocenters. The van der Waals surface area contributed by atoms with Gasteiger partial charge in [-0.1, -0.05) is 6.92 Å². The number of ether oxygens (including phenoxy) is 1. The minimum atomic E-state index is -0.684. The van der Waals surface area contributed by atoms with Gasteiger partial charge < -0.3 is 4.74 Å². The third-order valence-corrected chi connectivity index (χ3v) is 1.91. The van der Waals surface area contributed by atoms with Gasteiger partial charge in [-0.25, -0.2) is 8.78 Å². The van der Waals surface area contributed by atoms with E-state index in [4.69, 9.17) is 10.00 Å². The van der Waals surface area contributed by atoms with Crippen molar-refractivity contribution >= 4 is 0 Å². The molecule has 15 heavy (non-hydrogen) atoms. The first-order chi connectivity index (χ1) is 7.15. The predicted octanol–water partition coefficient (Wildman–Crippen LogP) is 3.04. The largest absolute Gasteiger partial charge is 0.489 e. The second-order valence-corrected chi connectivity index (χ2v) is 3.12. The zero-order valence-electron chi connectivity index (χ0n) is 8.34. The Morgan fingerprint density at radius 1 is 1.33 bits per heavy atom.